The van der Waals surface area contributed by atoms with Crippen molar-refractivity contribution in [1.29, 1.82) is 0 Å². The molecule has 1 fully saturated rings. The first-order valence-corrected chi connectivity index (χ1v) is 10.3. The summed E-state index contributed by atoms with van der Waals surface area (Å²) < 4.78 is 16.0. The summed E-state index contributed by atoms with van der Waals surface area (Å²) in [4.78, 5) is 19.2. The van der Waals surface area contributed by atoms with Crippen molar-refractivity contribution in [2.75, 3.05) is 32.6 Å². The van der Waals surface area contributed by atoms with E-state index in [0.717, 1.165) is 48.3 Å². The molecule has 1 aliphatic rings. The molecule has 31 heavy (non-hydrogen) atoms. The van der Waals surface area contributed by atoms with Crippen molar-refractivity contribution in [1.82, 2.24) is 15.0 Å². The number of nitrogens with zero attached hydrogens (tertiary/aromatic N) is 3. The number of anilines is 1. The predicted octanol–water partition coefficient (Wildman–Crippen LogP) is 3.91. The Bertz CT molecular complexity index is 1070. The van der Waals surface area contributed by atoms with E-state index in [1.807, 2.05) is 36.1 Å². The maximum Gasteiger partial charge on any atom is 0.254 e. The number of nitrogens with one attached hydrogen (secondary N) is 1. The third kappa shape index (κ3) is 4.33. The number of hydrogen-bond acceptors (Lipinski definition) is 7. The Kier molecular flexibility index (Phi) is 6.06. The summed E-state index contributed by atoms with van der Waals surface area (Å²) in [6, 6.07) is 11.2. The SMILES string of the molecule is COc1ccc(-c2noc(CNc3cccc(C(=O)N4CCCC4)c3C)n2)cc1OC. The number of aromatic nitrogens is 2. The molecule has 0 bridgehead atoms. The molecule has 1 aliphatic heterocycles. The zero-order valence-corrected chi connectivity index (χ0v) is 18.0. The van der Waals surface area contributed by atoms with Crippen molar-refractivity contribution in [2.24, 2.45) is 0 Å². The number of carbonyl (C=O) groups excluding carboxylic acids is 1. The highest BCUT2D eigenvalue weighted by Gasteiger charge is 2.21. The Balaban J connectivity index is 1.47. The van der Waals surface area contributed by atoms with Crippen LogP contribution < -0.4 is 14.8 Å². The third-order valence-corrected chi connectivity index (χ3v) is 5.50. The van der Waals surface area contributed by atoms with Crippen LogP contribution in [0.15, 0.2) is 40.9 Å². The van der Waals surface area contributed by atoms with Gasteiger partial charge in [-0.15, -0.1) is 0 Å². The maximum atomic E-state index is 12.8. The van der Waals surface area contributed by atoms with Gasteiger partial charge in [0.15, 0.2) is 11.5 Å². The van der Waals surface area contributed by atoms with Gasteiger partial charge < -0.3 is 24.2 Å². The molecule has 0 atom stereocenters. The highest BCUT2D eigenvalue weighted by Crippen LogP contribution is 2.31. The first-order chi connectivity index (χ1) is 15.1. The van der Waals surface area contributed by atoms with Crippen molar-refractivity contribution >= 4 is 11.6 Å². The highest BCUT2D eigenvalue weighted by molar-refractivity contribution is 5.97. The van der Waals surface area contributed by atoms with Crippen LogP contribution in [-0.4, -0.2) is 48.3 Å². The molecule has 0 saturated carbocycles. The van der Waals surface area contributed by atoms with Gasteiger partial charge in [0.05, 0.1) is 20.8 Å². The van der Waals surface area contributed by atoms with Crippen LogP contribution in [-0.2, 0) is 6.54 Å². The van der Waals surface area contributed by atoms with Gasteiger partial charge in [-0.25, -0.2) is 0 Å². The average molecular weight is 422 g/mol. The fraction of sp³-hybridized carbons (Fsp3) is 0.348. The Morgan fingerprint density at radius 3 is 2.65 bits per heavy atom. The van der Waals surface area contributed by atoms with E-state index in [4.69, 9.17) is 14.0 Å². The summed E-state index contributed by atoms with van der Waals surface area (Å²) in [5, 5.41) is 7.38. The summed E-state index contributed by atoms with van der Waals surface area (Å²) in [7, 11) is 3.17. The highest BCUT2D eigenvalue weighted by atomic mass is 16.5. The second kappa shape index (κ2) is 9.07. The molecule has 4 rings (SSSR count). The van der Waals surface area contributed by atoms with Crippen molar-refractivity contribution in [3.63, 3.8) is 0 Å². The quantitative estimate of drug-likeness (QED) is 0.617. The van der Waals surface area contributed by atoms with Gasteiger partial charge in [-0.2, -0.15) is 4.98 Å². The van der Waals surface area contributed by atoms with Crippen molar-refractivity contribution in [3.05, 3.63) is 53.4 Å². The maximum absolute atomic E-state index is 12.8. The molecule has 3 aromatic rings. The molecule has 8 heteroatoms. The second-order valence-corrected chi connectivity index (χ2v) is 7.41. The fourth-order valence-electron chi connectivity index (χ4n) is 3.74. The van der Waals surface area contributed by atoms with Gasteiger partial charge in [-0.05, 0) is 55.7 Å². The summed E-state index contributed by atoms with van der Waals surface area (Å²) in [6.45, 7) is 3.96. The summed E-state index contributed by atoms with van der Waals surface area (Å²) in [5.41, 5.74) is 3.28. The molecule has 8 nitrogen and oxygen atoms in total. The Morgan fingerprint density at radius 2 is 1.90 bits per heavy atom. The largest absolute Gasteiger partial charge is 0.493 e. The van der Waals surface area contributed by atoms with Gasteiger partial charge in [0, 0.05) is 29.9 Å². The van der Waals surface area contributed by atoms with Crippen LogP contribution in [0.5, 0.6) is 11.5 Å². The van der Waals surface area contributed by atoms with E-state index >= 15 is 0 Å². The Hall–Kier alpha value is -3.55. The van der Waals surface area contributed by atoms with E-state index in [9.17, 15) is 4.79 Å². The standard InChI is InChI=1S/C23H26N4O4/c1-15-17(23(28)27-11-4-5-12-27)7-6-8-18(15)24-14-21-25-22(26-31-21)16-9-10-19(29-2)20(13-16)30-3/h6-10,13,24H,4-5,11-12,14H2,1-3H3. The number of amides is 1. The molecule has 1 saturated heterocycles. The molecule has 0 aliphatic carbocycles. The summed E-state index contributed by atoms with van der Waals surface area (Å²) in [5.74, 6) is 2.23. The zero-order valence-electron chi connectivity index (χ0n) is 18.0. The number of carbonyl (C=O) groups is 1. The van der Waals surface area contributed by atoms with Crippen molar-refractivity contribution < 1.29 is 18.8 Å². The molecule has 0 unspecified atom stereocenters. The topological polar surface area (TPSA) is 89.7 Å². The minimum absolute atomic E-state index is 0.0900. The smallest absolute Gasteiger partial charge is 0.254 e. The fourth-order valence-corrected chi connectivity index (χ4v) is 3.74. The Morgan fingerprint density at radius 1 is 1.13 bits per heavy atom. The normalized spacial score (nSPS) is 13.3. The monoisotopic (exact) mass is 422 g/mol. The second-order valence-electron chi connectivity index (χ2n) is 7.41. The van der Waals surface area contributed by atoms with Crippen LogP contribution in [0, 0.1) is 6.92 Å². The van der Waals surface area contributed by atoms with Gasteiger partial charge in [0.25, 0.3) is 5.91 Å². The summed E-state index contributed by atoms with van der Waals surface area (Å²) >= 11 is 0. The van der Waals surface area contributed by atoms with Crippen LogP contribution in [0.4, 0.5) is 5.69 Å². The minimum Gasteiger partial charge on any atom is -0.493 e. The number of hydrogen-bond donors (Lipinski definition) is 1. The molecule has 2 aromatic carbocycles. The van der Waals surface area contributed by atoms with E-state index in [-0.39, 0.29) is 5.91 Å². The summed E-state index contributed by atoms with van der Waals surface area (Å²) in [6.07, 6.45) is 2.14. The van der Waals surface area contributed by atoms with Crippen molar-refractivity contribution in [2.45, 2.75) is 26.3 Å². The van der Waals surface area contributed by atoms with Crippen LogP contribution in [0.3, 0.4) is 0 Å². The lowest BCUT2D eigenvalue weighted by Gasteiger charge is -2.18. The lowest BCUT2D eigenvalue weighted by Crippen LogP contribution is -2.28. The molecule has 0 spiro atoms. The predicted molar refractivity (Wildman–Crippen MR) is 116 cm³/mol. The third-order valence-electron chi connectivity index (χ3n) is 5.50. The van der Waals surface area contributed by atoms with Crippen LogP contribution in [0.25, 0.3) is 11.4 Å². The van der Waals surface area contributed by atoms with Crippen LogP contribution in [0.1, 0.15) is 34.7 Å². The minimum atomic E-state index is 0.0900. The molecule has 1 amide bonds. The molecule has 1 aromatic heterocycles. The number of methoxy groups -OCH3 is 2. The molecule has 162 valence electrons. The van der Waals surface area contributed by atoms with Crippen LogP contribution in [0.2, 0.25) is 0 Å². The van der Waals surface area contributed by atoms with Gasteiger partial charge in [0.2, 0.25) is 11.7 Å². The number of benzene rings is 2. The Labute approximate surface area is 181 Å². The first-order valence-electron chi connectivity index (χ1n) is 10.3. The molecular formula is C23H26N4O4. The van der Waals surface area contributed by atoms with Gasteiger partial charge in [-0.3, -0.25) is 4.79 Å². The van der Waals surface area contributed by atoms with E-state index in [1.54, 1.807) is 26.4 Å². The van der Waals surface area contributed by atoms with E-state index in [2.05, 4.69) is 15.5 Å². The molecule has 0 radical (unpaired) electrons. The van der Waals surface area contributed by atoms with Crippen molar-refractivity contribution in [3.8, 4) is 22.9 Å². The number of rotatable bonds is 7. The van der Waals surface area contributed by atoms with E-state index < -0.39 is 0 Å². The number of ether oxygens (including phenoxy) is 2. The zero-order chi connectivity index (χ0) is 21.8. The molecule has 1 N–H and O–H groups in total. The molecular weight excluding hydrogens is 396 g/mol. The lowest BCUT2D eigenvalue weighted by molar-refractivity contribution is 0.0792. The average Bonchev–Trinajstić information content (AvgIpc) is 3.50. The lowest BCUT2D eigenvalue weighted by atomic mass is 10.1. The number of likely N-dealkylation sites (tertiary alicyclic amines) is 1. The molecule has 2 heterocycles. The van der Waals surface area contributed by atoms with Crippen LogP contribution >= 0.6 is 0 Å². The van der Waals surface area contributed by atoms with E-state index in [0.29, 0.717) is 29.8 Å². The van der Waals surface area contributed by atoms with E-state index in [1.165, 1.54) is 0 Å². The first kappa shape index (κ1) is 20.7. The van der Waals surface area contributed by atoms with Gasteiger partial charge >= 0.3 is 0 Å². The van der Waals surface area contributed by atoms with Gasteiger partial charge in [0.1, 0.15) is 0 Å². The van der Waals surface area contributed by atoms with Gasteiger partial charge in [-0.1, -0.05) is 11.2 Å².